The molecule has 0 spiro atoms. The minimum Gasteiger partial charge on any atom is -0.379 e. The third kappa shape index (κ3) is 4.47. The lowest BCUT2D eigenvalue weighted by Gasteiger charge is -2.46. The van der Waals surface area contributed by atoms with Gasteiger partial charge in [-0.05, 0) is 78.6 Å². The molecule has 3 rings (SSSR count). The average Bonchev–Trinajstić information content (AvgIpc) is 3.10. The van der Waals surface area contributed by atoms with Gasteiger partial charge in [-0.25, -0.2) is 0 Å². The first-order valence-corrected chi connectivity index (χ1v) is 9.85. The molecular formula is C19H37N3O. The predicted molar refractivity (Wildman–Crippen MR) is 95.9 cm³/mol. The van der Waals surface area contributed by atoms with Gasteiger partial charge < -0.3 is 14.5 Å². The van der Waals surface area contributed by atoms with Crippen LogP contribution in [0.4, 0.5) is 0 Å². The fourth-order valence-electron chi connectivity index (χ4n) is 4.86. The van der Waals surface area contributed by atoms with Gasteiger partial charge in [-0.15, -0.1) is 0 Å². The molecule has 4 heteroatoms. The van der Waals surface area contributed by atoms with Crippen molar-refractivity contribution < 1.29 is 4.74 Å². The largest absolute Gasteiger partial charge is 0.379 e. The van der Waals surface area contributed by atoms with Crippen molar-refractivity contribution in [3.63, 3.8) is 0 Å². The maximum absolute atomic E-state index is 5.51. The van der Waals surface area contributed by atoms with Crippen LogP contribution >= 0.6 is 0 Å². The molecule has 0 bridgehead atoms. The van der Waals surface area contributed by atoms with Crippen molar-refractivity contribution in [2.75, 3.05) is 59.0 Å². The topological polar surface area (TPSA) is 19.0 Å². The fraction of sp³-hybridized carbons (Fsp3) is 1.00. The highest BCUT2D eigenvalue weighted by atomic mass is 16.5. The molecule has 1 atom stereocenters. The molecule has 23 heavy (non-hydrogen) atoms. The van der Waals surface area contributed by atoms with Crippen molar-refractivity contribution in [1.29, 1.82) is 0 Å². The molecule has 3 aliphatic heterocycles. The second-order valence-electron chi connectivity index (χ2n) is 8.51. The van der Waals surface area contributed by atoms with E-state index in [1.807, 2.05) is 0 Å². The van der Waals surface area contributed by atoms with E-state index in [0.29, 0.717) is 0 Å². The summed E-state index contributed by atoms with van der Waals surface area (Å²) in [6.45, 7) is 17.8. The Morgan fingerprint density at radius 3 is 2.17 bits per heavy atom. The van der Waals surface area contributed by atoms with Crippen LogP contribution in [0.3, 0.4) is 0 Å². The van der Waals surface area contributed by atoms with E-state index >= 15 is 0 Å². The standard InChI is InChI=1S/C19H37N3O/c1-17(21-8-4-5-9-21)18-6-10-20(11-7-18)16-19(2,3)22-12-14-23-15-13-22/h17-18H,4-16H2,1-3H3. The fourth-order valence-corrected chi connectivity index (χ4v) is 4.86. The number of hydrogen-bond donors (Lipinski definition) is 0. The predicted octanol–water partition coefficient (Wildman–Crippen LogP) is 2.29. The average molecular weight is 324 g/mol. The van der Waals surface area contributed by atoms with E-state index in [-0.39, 0.29) is 5.54 Å². The molecule has 0 radical (unpaired) electrons. The van der Waals surface area contributed by atoms with Gasteiger partial charge >= 0.3 is 0 Å². The zero-order valence-corrected chi connectivity index (χ0v) is 15.6. The Labute approximate surface area is 143 Å². The summed E-state index contributed by atoms with van der Waals surface area (Å²) in [6.07, 6.45) is 5.60. The van der Waals surface area contributed by atoms with Gasteiger partial charge in [0.25, 0.3) is 0 Å². The second-order valence-corrected chi connectivity index (χ2v) is 8.51. The highest BCUT2D eigenvalue weighted by Crippen LogP contribution is 2.28. The monoisotopic (exact) mass is 323 g/mol. The highest BCUT2D eigenvalue weighted by molar-refractivity contribution is 4.89. The molecule has 0 aromatic carbocycles. The highest BCUT2D eigenvalue weighted by Gasteiger charge is 2.33. The number of piperidine rings is 1. The van der Waals surface area contributed by atoms with Gasteiger partial charge in [-0.3, -0.25) is 4.90 Å². The Morgan fingerprint density at radius 1 is 0.957 bits per heavy atom. The quantitative estimate of drug-likeness (QED) is 0.773. The normalized spacial score (nSPS) is 28.3. The molecule has 4 nitrogen and oxygen atoms in total. The van der Waals surface area contributed by atoms with Crippen molar-refractivity contribution in [2.24, 2.45) is 5.92 Å². The number of hydrogen-bond acceptors (Lipinski definition) is 4. The summed E-state index contributed by atoms with van der Waals surface area (Å²) < 4.78 is 5.51. The van der Waals surface area contributed by atoms with E-state index in [2.05, 4.69) is 35.5 Å². The molecule has 0 N–H and O–H groups in total. The molecule has 0 amide bonds. The smallest absolute Gasteiger partial charge is 0.0594 e. The first-order valence-electron chi connectivity index (χ1n) is 9.85. The van der Waals surface area contributed by atoms with Crippen molar-refractivity contribution in [3.8, 4) is 0 Å². The van der Waals surface area contributed by atoms with E-state index in [0.717, 1.165) is 38.3 Å². The third-order valence-corrected chi connectivity index (χ3v) is 6.51. The zero-order chi connectivity index (χ0) is 16.3. The van der Waals surface area contributed by atoms with E-state index in [9.17, 15) is 0 Å². The summed E-state index contributed by atoms with van der Waals surface area (Å²) in [6, 6.07) is 0.798. The van der Waals surface area contributed by atoms with Crippen molar-refractivity contribution in [1.82, 2.24) is 14.7 Å². The van der Waals surface area contributed by atoms with Crippen LogP contribution in [0.2, 0.25) is 0 Å². The summed E-state index contributed by atoms with van der Waals surface area (Å²) in [5.74, 6) is 0.913. The lowest BCUT2D eigenvalue weighted by molar-refractivity contribution is -0.0262. The van der Waals surface area contributed by atoms with Gasteiger partial charge in [0.1, 0.15) is 0 Å². The van der Waals surface area contributed by atoms with Crippen LogP contribution in [0.1, 0.15) is 46.5 Å². The maximum Gasteiger partial charge on any atom is 0.0594 e. The first-order chi connectivity index (χ1) is 11.1. The Hall–Kier alpha value is -0.160. The lowest BCUT2D eigenvalue weighted by atomic mass is 9.88. The summed E-state index contributed by atoms with van der Waals surface area (Å²) in [7, 11) is 0. The van der Waals surface area contributed by atoms with Gasteiger partial charge in [0.15, 0.2) is 0 Å². The van der Waals surface area contributed by atoms with Gasteiger partial charge in [0.2, 0.25) is 0 Å². The summed E-state index contributed by atoms with van der Waals surface area (Å²) in [4.78, 5) is 8.07. The van der Waals surface area contributed by atoms with E-state index in [1.54, 1.807) is 0 Å². The summed E-state index contributed by atoms with van der Waals surface area (Å²) >= 11 is 0. The Balaban J connectivity index is 1.44. The number of ether oxygens (including phenoxy) is 1. The van der Waals surface area contributed by atoms with Gasteiger partial charge in [-0.1, -0.05) is 0 Å². The lowest BCUT2D eigenvalue weighted by Crippen LogP contribution is -2.56. The van der Waals surface area contributed by atoms with Crippen LogP contribution in [0, 0.1) is 5.92 Å². The Bertz CT molecular complexity index is 354. The van der Waals surface area contributed by atoms with E-state index in [4.69, 9.17) is 4.74 Å². The van der Waals surface area contributed by atoms with Crippen LogP contribution in [0.25, 0.3) is 0 Å². The van der Waals surface area contributed by atoms with Crippen LogP contribution < -0.4 is 0 Å². The molecule has 3 aliphatic rings. The minimum absolute atomic E-state index is 0.275. The Morgan fingerprint density at radius 2 is 1.57 bits per heavy atom. The molecule has 0 aromatic rings. The first kappa shape index (κ1) is 17.7. The number of likely N-dealkylation sites (tertiary alicyclic amines) is 2. The molecule has 3 saturated heterocycles. The summed E-state index contributed by atoms with van der Waals surface area (Å²) in [5.41, 5.74) is 0.275. The van der Waals surface area contributed by atoms with Gasteiger partial charge in [0, 0.05) is 31.2 Å². The molecule has 3 fully saturated rings. The molecule has 134 valence electrons. The van der Waals surface area contributed by atoms with Crippen LogP contribution in [-0.2, 0) is 4.74 Å². The van der Waals surface area contributed by atoms with E-state index in [1.165, 1.54) is 58.4 Å². The van der Waals surface area contributed by atoms with Crippen molar-refractivity contribution in [2.45, 2.75) is 58.0 Å². The van der Waals surface area contributed by atoms with Crippen molar-refractivity contribution >= 4 is 0 Å². The summed E-state index contributed by atoms with van der Waals surface area (Å²) in [5, 5.41) is 0. The van der Waals surface area contributed by atoms with Crippen LogP contribution in [0.5, 0.6) is 0 Å². The molecule has 1 unspecified atom stereocenters. The SMILES string of the molecule is CC(C1CCN(CC(C)(C)N2CCOCC2)CC1)N1CCCC1. The number of morpholine rings is 1. The molecule has 0 aliphatic carbocycles. The second kappa shape index (κ2) is 7.81. The minimum atomic E-state index is 0.275. The number of nitrogens with zero attached hydrogens (tertiary/aromatic N) is 3. The third-order valence-electron chi connectivity index (χ3n) is 6.51. The maximum atomic E-state index is 5.51. The molecule has 0 saturated carbocycles. The van der Waals surface area contributed by atoms with Crippen LogP contribution in [0.15, 0.2) is 0 Å². The molecule has 3 heterocycles. The zero-order valence-electron chi connectivity index (χ0n) is 15.6. The number of rotatable bonds is 5. The van der Waals surface area contributed by atoms with Gasteiger partial charge in [0.05, 0.1) is 13.2 Å². The molecular weight excluding hydrogens is 286 g/mol. The van der Waals surface area contributed by atoms with Crippen molar-refractivity contribution in [3.05, 3.63) is 0 Å². The molecule has 0 aromatic heterocycles. The Kier molecular flexibility index (Phi) is 6.00. The van der Waals surface area contributed by atoms with E-state index < -0.39 is 0 Å². The van der Waals surface area contributed by atoms with Crippen LogP contribution in [-0.4, -0.2) is 85.3 Å². The van der Waals surface area contributed by atoms with Gasteiger partial charge in [-0.2, -0.15) is 0 Å².